The Kier molecular flexibility index (Phi) is 10.8. The zero-order valence-corrected chi connectivity index (χ0v) is 31.8. The molecular weight excluding hydrogens is 728 g/mol. The Morgan fingerprint density at radius 1 is 0.607 bits per heavy atom. The summed E-state index contributed by atoms with van der Waals surface area (Å²) in [4.78, 5) is 81.5. The van der Waals surface area contributed by atoms with Crippen molar-refractivity contribution in [1.29, 1.82) is 0 Å². The monoisotopic (exact) mass is 772 g/mol. The lowest BCUT2D eigenvalue weighted by atomic mass is 9.45. The minimum atomic E-state index is -2.36. The second kappa shape index (κ2) is 15.1. The predicted octanol–water partition coefficient (Wildman–Crippen LogP) is 4.41. The molecule has 9 unspecified atom stereocenters. The van der Waals surface area contributed by atoms with Gasteiger partial charge < -0.3 is 38.3 Å². The molecule has 14 nitrogen and oxygen atoms in total. The van der Waals surface area contributed by atoms with Gasteiger partial charge in [0, 0.05) is 27.2 Å². The molecule has 3 aromatic rings. The lowest BCUT2D eigenvalue weighted by Crippen LogP contribution is -2.85. The van der Waals surface area contributed by atoms with Gasteiger partial charge in [0.25, 0.3) is 0 Å². The molecule has 1 N–H and O–H groups in total. The van der Waals surface area contributed by atoms with E-state index < -0.39 is 107 Å². The molecule has 3 aliphatic rings. The number of carbonyl (C=O) groups is 6. The minimum Gasteiger partial charge on any atom is -0.465 e. The van der Waals surface area contributed by atoms with E-state index in [1.54, 1.807) is 68.4 Å². The Bertz CT molecular complexity index is 1980. The van der Waals surface area contributed by atoms with E-state index in [4.69, 9.17) is 33.2 Å². The largest absolute Gasteiger partial charge is 0.465 e. The molecule has 2 aliphatic carbocycles. The van der Waals surface area contributed by atoms with Gasteiger partial charge in [-0.05, 0) is 57.2 Å². The molecule has 3 fully saturated rings. The van der Waals surface area contributed by atoms with Crippen LogP contribution in [0.5, 0.6) is 0 Å². The maximum absolute atomic E-state index is 14.3. The summed E-state index contributed by atoms with van der Waals surface area (Å²) in [6.07, 6.45) is -8.84. The van der Waals surface area contributed by atoms with Gasteiger partial charge in [-0.25, -0.2) is 14.4 Å². The average molecular weight is 773 g/mol. The number of hydrogen-bond acceptors (Lipinski definition) is 14. The molecule has 1 heterocycles. The lowest BCUT2D eigenvalue weighted by Gasteiger charge is -2.66. The van der Waals surface area contributed by atoms with Gasteiger partial charge in [0.2, 0.25) is 0 Å². The van der Waals surface area contributed by atoms with Crippen molar-refractivity contribution in [2.24, 2.45) is 11.3 Å². The quantitative estimate of drug-likeness (QED) is 0.226. The first kappa shape index (κ1) is 40.1. The summed E-state index contributed by atoms with van der Waals surface area (Å²) in [5.41, 5.74) is -8.09. The highest BCUT2D eigenvalue weighted by Gasteiger charge is 2.89. The number of rotatable bonds is 10. The standard InChI is InChI=1S/C42H44O14/c1-24(43)50-23-41-33(51-25(2)44)30(53-36(46)27-16-10-7-11-17-27)22-40(6,49)42(41)34(52-26(3)45)31(39(4,5)56-42)32(54-37(47)28-18-12-8-13-19-28)35(41)55-38(48)29-20-14-9-15-21-29/h7-21,30-35,49H,22-23H2,1-6H3. The maximum atomic E-state index is 14.3. The summed E-state index contributed by atoms with van der Waals surface area (Å²) in [5, 5.41) is 13.0. The van der Waals surface area contributed by atoms with Crippen LogP contribution in [0, 0.1) is 11.3 Å². The van der Waals surface area contributed by atoms with E-state index >= 15 is 0 Å². The van der Waals surface area contributed by atoms with Gasteiger partial charge in [0.15, 0.2) is 17.8 Å². The molecule has 56 heavy (non-hydrogen) atoms. The van der Waals surface area contributed by atoms with Crippen molar-refractivity contribution in [1.82, 2.24) is 0 Å². The van der Waals surface area contributed by atoms with Crippen LogP contribution in [0.3, 0.4) is 0 Å². The van der Waals surface area contributed by atoms with E-state index in [1.165, 1.54) is 43.3 Å². The van der Waals surface area contributed by atoms with Crippen molar-refractivity contribution in [3.05, 3.63) is 108 Å². The van der Waals surface area contributed by atoms with Gasteiger partial charge in [0.05, 0.1) is 33.8 Å². The SMILES string of the molecule is CC(=O)OCC12C(OC(C)=O)C(OC(=O)c3ccccc3)CC(C)(O)C13OC(C)(C)C(C(OC(=O)c1ccccc1)C2OC(=O)c1ccccc1)C3OC(C)=O. The minimum absolute atomic E-state index is 0.0608. The topological polar surface area (TPSA) is 187 Å². The molecule has 2 saturated carbocycles. The molecule has 0 aromatic heterocycles. The fraction of sp³-hybridized carbons (Fsp3) is 0.429. The highest BCUT2D eigenvalue weighted by Crippen LogP contribution is 2.69. The zero-order chi connectivity index (χ0) is 40.6. The van der Waals surface area contributed by atoms with Gasteiger partial charge in [-0.3, -0.25) is 14.4 Å². The van der Waals surface area contributed by atoms with Gasteiger partial charge in [0.1, 0.15) is 30.3 Å². The van der Waals surface area contributed by atoms with Gasteiger partial charge in [-0.2, -0.15) is 0 Å². The summed E-state index contributed by atoms with van der Waals surface area (Å²) in [5.74, 6) is -6.48. The highest BCUT2D eigenvalue weighted by atomic mass is 16.7. The van der Waals surface area contributed by atoms with Crippen LogP contribution in [0.4, 0.5) is 0 Å². The molecule has 14 heteroatoms. The van der Waals surface area contributed by atoms with Crippen molar-refractivity contribution in [2.45, 2.75) is 95.3 Å². The van der Waals surface area contributed by atoms with Crippen molar-refractivity contribution < 1.29 is 67.0 Å². The fourth-order valence-corrected chi connectivity index (χ4v) is 8.95. The Labute approximate surface area is 323 Å². The van der Waals surface area contributed by atoms with Crippen LogP contribution < -0.4 is 0 Å². The number of fused-ring (bicyclic) bond motifs is 1. The molecule has 2 bridgehead atoms. The van der Waals surface area contributed by atoms with E-state index in [0.29, 0.717) is 0 Å². The van der Waals surface area contributed by atoms with Crippen molar-refractivity contribution in [2.75, 3.05) is 6.61 Å². The molecular formula is C42H44O14. The highest BCUT2D eigenvalue weighted by molar-refractivity contribution is 5.91. The Morgan fingerprint density at radius 2 is 1.05 bits per heavy atom. The van der Waals surface area contributed by atoms with Crippen LogP contribution in [-0.4, -0.2) is 94.9 Å². The smallest absolute Gasteiger partial charge is 0.338 e. The van der Waals surface area contributed by atoms with Crippen LogP contribution >= 0.6 is 0 Å². The van der Waals surface area contributed by atoms with Gasteiger partial charge >= 0.3 is 35.8 Å². The molecule has 6 rings (SSSR count). The number of benzene rings is 3. The Hall–Kier alpha value is -5.60. The third-order valence-corrected chi connectivity index (χ3v) is 10.9. The van der Waals surface area contributed by atoms with Gasteiger partial charge in [-0.1, -0.05) is 54.6 Å². The summed E-state index contributed by atoms with van der Waals surface area (Å²) in [6, 6.07) is 23.7. The summed E-state index contributed by atoms with van der Waals surface area (Å²) in [7, 11) is 0. The number of carbonyl (C=O) groups excluding carboxylic acids is 6. The molecule has 1 aliphatic heterocycles. The number of esters is 6. The first-order chi connectivity index (χ1) is 26.4. The van der Waals surface area contributed by atoms with Crippen molar-refractivity contribution in [3.8, 4) is 0 Å². The second-order valence-corrected chi connectivity index (χ2v) is 15.1. The molecule has 0 amide bonds. The molecule has 3 aromatic carbocycles. The van der Waals surface area contributed by atoms with Crippen molar-refractivity contribution in [3.63, 3.8) is 0 Å². The van der Waals surface area contributed by atoms with Gasteiger partial charge in [-0.15, -0.1) is 0 Å². The molecule has 9 atom stereocenters. The molecule has 1 saturated heterocycles. The first-order valence-corrected chi connectivity index (χ1v) is 18.1. The summed E-state index contributed by atoms with van der Waals surface area (Å²) >= 11 is 0. The van der Waals surface area contributed by atoms with Crippen molar-refractivity contribution >= 4 is 35.8 Å². The number of aliphatic hydroxyl groups is 1. The Morgan fingerprint density at radius 3 is 1.52 bits per heavy atom. The summed E-state index contributed by atoms with van der Waals surface area (Å²) in [6.45, 7) is 7.04. The van der Waals surface area contributed by atoms with E-state index in [2.05, 4.69) is 0 Å². The van der Waals surface area contributed by atoms with Crippen LogP contribution in [0.25, 0.3) is 0 Å². The molecule has 296 valence electrons. The number of ether oxygens (including phenoxy) is 7. The Balaban J connectivity index is 1.68. The average Bonchev–Trinajstić information content (AvgIpc) is 3.35. The van der Waals surface area contributed by atoms with E-state index in [0.717, 1.165) is 20.8 Å². The predicted molar refractivity (Wildman–Crippen MR) is 194 cm³/mol. The van der Waals surface area contributed by atoms with Crippen LogP contribution in [0.2, 0.25) is 0 Å². The van der Waals surface area contributed by atoms with E-state index in [1.807, 2.05) is 0 Å². The van der Waals surface area contributed by atoms with Crippen LogP contribution in [-0.2, 0) is 47.5 Å². The number of hydrogen-bond donors (Lipinski definition) is 1. The maximum Gasteiger partial charge on any atom is 0.338 e. The lowest BCUT2D eigenvalue weighted by molar-refractivity contribution is -0.362. The third-order valence-electron chi connectivity index (χ3n) is 10.9. The van der Waals surface area contributed by atoms with Crippen LogP contribution in [0.15, 0.2) is 91.0 Å². The molecule has 1 spiro atoms. The first-order valence-electron chi connectivity index (χ1n) is 18.1. The van der Waals surface area contributed by atoms with Crippen LogP contribution in [0.1, 0.15) is 79.0 Å². The second-order valence-electron chi connectivity index (χ2n) is 15.1. The fourth-order valence-electron chi connectivity index (χ4n) is 8.95. The normalized spacial score (nSPS) is 31.1. The zero-order valence-electron chi connectivity index (χ0n) is 31.8. The summed E-state index contributed by atoms with van der Waals surface area (Å²) < 4.78 is 43.8. The van der Waals surface area contributed by atoms with E-state index in [9.17, 15) is 33.9 Å². The third kappa shape index (κ3) is 6.92. The molecule has 0 radical (unpaired) electrons. The van der Waals surface area contributed by atoms with E-state index in [-0.39, 0.29) is 16.7 Å².